The lowest BCUT2D eigenvalue weighted by atomic mass is 9.71. The molecule has 138 valence electrons. The largest absolute Gasteiger partial charge is 0.0622 e. The third kappa shape index (κ3) is 2.20. The van der Waals surface area contributed by atoms with Crippen LogP contribution in [0.2, 0.25) is 0 Å². The van der Waals surface area contributed by atoms with Crippen molar-refractivity contribution >= 4 is 11.1 Å². The van der Waals surface area contributed by atoms with Crippen LogP contribution in [0.4, 0.5) is 0 Å². The van der Waals surface area contributed by atoms with Crippen molar-refractivity contribution in [2.75, 3.05) is 0 Å². The molecule has 29 heavy (non-hydrogen) atoms. The number of allylic oxidation sites excluding steroid dienone is 1. The van der Waals surface area contributed by atoms with Gasteiger partial charge in [0.15, 0.2) is 0 Å². The molecule has 0 N–H and O–H groups in total. The van der Waals surface area contributed by atoms with E-state index in [2.05, 4.69) is 110 Å². The van der Waals surface area contributed by atoms with Crippen molar-refractivity contribution in [3.8, 4) is 0 Å². The summed E-state index contributed by atoms with van der Waals surface area (Å²) in [7, 11) is 0. The Morgan fingerprint density at radius 3 is 2.07 bits per heavy atom. The molecule has 0 fully saturated rings. The number of rotatable bonds is 2. The molecular weight excluding hydrogens is 348 g/mol. The van der Waals surface area contributed by atoms with Gasteiger partial charge in [0.05, 0.1) is 5.41 Å². The van der Waals surface area contributed by atoms with Crippen molar-refractivity contribution in [1.29, 1.82) is 0 Å². The van der Waals surface area contributed by atoms with Gasteiger partial charge < -0.3 is 0 Å². The van der Waals surface area contributed by atoms with Crippen LogP contribution in [0.15, 0.2) is 103 Å². The van der Waals surface area contributed by atoms with E-state index in [0.29, 0.717) is 0 Å². The van der Waals surface area contributed by atoms with Gasteiger partial charge in [-0.15, -0.1) is 0 Å². The zero-order valence-corrected chi connectivity index (χ0v) is 16.5. The first-order valence-corrected chi connectivity index (χ1v) is 10.3. The summed E-state index contributed by atoms with van der Waals surface area (Å²) in [5, 5.41) is 0. The molecule has 0 aliphatic heterocycles. The highest BCUT2D eigenvalue weighted by molar-refractivity contribution is 6.11. The van der Waals surface area contributed by atoms with Crippen LogP contribution in [0.5, 0.6) is 0 Å². The molecule has 0 heterocycles. The molecule has 0 bridgehead atoms. The van der Waals surface area contributed by atoms with Crippen LogP contribution in [0.25, 0.3) is 11.1 Å². The summed E-state index contributed by atoms with van der Waals surface area (Å²) in [6.45, 7) is 2.17. The molecule has 6 rings (SSSR count). The minimum atomic E-state index is -0.112. The monoisotopic (exact) mass is 370 g/mol. The van der Waals surface area contributed by atoms with Gasteiger partial charge in [0.1, 0.15) is 0 Å². The van der Waals surface area contributed by atoms with Crippen LogP contribution in [-0.4, -0.2) is 0 Å². The average Bonchev–Trinajstić information content (AvgIpc) is 3.25. The lowest BCUT2D eigenvalue weighted by Crippen LogP contribution is -2.25. The van der Waals surface area contributed by atoms with Gasteiger partial charge in [0.25, 0.3) is 0 Å². The van der Waals surface area contributed by atoms with E-state index in [0.717, 1.165) is 6.42 Å². The topological polar surface area (TPSA) is 0 Å². The standard InChI is InChI=1S/C29H22/c1-20-15-17-23(18-16-20)29-19-22-11-5-6-12-24(22)28(29)27(21-9-3-2-4-10-21)25-13-7-8-14-26(25)29/h2-18H,19H2,1H3. The van der Waals surface area contributed by atoms with Crippen molar-refractivity contribution < 1.29 is 0 Å². The lowest BCUT2D eigenvalue weighted by molar-refractivity contribution is 0.696. The Morgan fingerprint density at radius 1 is 0.621 bits per heavy atom. The van der Waals surface area contributed by atoms with Crippen molar-refractivity contribution in [2.45, 2.75) is 18.8 Å². The predicted octanol–water partition coefficient (Wildman–Crippen LogP) is 6.81. The molecule has 1 unspecified atom stereocenters. The molecule has 0 saturated carbocycles. The van der Waals surface area contributed by atoms with Crippen LogP contribution >= 0.6 is 0 Å². The second kappa shape index (κ2) is 6.06. The summed E-state index contributed by atoms with van der Waals surface area (Å²) >= 11 is 0. The number of benzene rings is 4. The Bertz CT molecular complexity index is 1260. The maximum absolute atomic E-state index is 2.34. The summed E-state index contributed by atoms with van der Waals surface area (Å²) in [4.78, 5) is 0. The number of aryl methyl sites for hydroxylation is 1. The zero-order valence-electron chi connectivity index (χ0n) is 16.5. The van der Waals surface area contributed by atoms with E-state index in [-0.39, 0.29) is 5.41 Å². The molecule has 0 amide bonds. The van der Waals surface area contributed by atoms with Crippen molar-refractivity contribution in [3.63, 3.8) is 0 Å². The normalized spacial score (nSPS) is 19.1. The molecule has 0 nitrogen and oxygen atoms in total. The minimum absolute atomic E-state index is 0.112. The van der Waals surface area contributed by atoms with E-state index >= 15 is 0 Å². The smallest absolute Gasteiger partial charge is 0.0510 e. The third-order valence-corrected chi connectivity index (χ3v) is 6.68. The zero-order chi connectivity index (χ0) is 19.4. The molecule has 2 aliphatic carbocycles. The molecular formula is C29H22. The number of hydrogen-bond acceptors (Lipinski definition) is 0. The Kier molecular flexibility index (Phi) is 3.46. The highest BCUT2D eigenvalue weighted by Gasteiger charge is 2.51. The highest BCUT2D eigenvalue weighted by atomic mass is 14.5. The average molecular weight is 370 g/mol. The first-order valence-electron chi connectivity index (χ1n) is 10.3. The first-order chi connectivity index (χ1) is 14.3. The van der Waals surface area contributed by atoms with E-state index < -0.39 is 0 Å². The summed E-state index contributed by atoms with van der Waals surface area (Å²) in [5.74, 6) is 0. The number of hydrogen-bond donors (Lipinski definition) is 0. The van der Waals surface area contributed by atoms with Gasteiger partial charge in [0.2, 0.25) is 0 Å². The van der Waals surface area contributed by atoms with E-state index in [9.17, 15) is 0 Å². The summed E-state index contributed by atoms with van der Waals surface area (Å²) < 4.78 is 0. The summed E-state index contributed by atoms with van der Waals surface area (Å²) in [6, 6.07) is 38.1. The van der Waals surface area contributed by atoms with Crippen molar-refractivity contribution in [2.24, 2.45) is 0 Å². The van der Waals surface area contributed by atoms with Crippen LogP contribution in [0, 0.1) is 6.92 Å². The van der Waals surface area contributed by atoms with Crippen molar-refractivity contribution in [3.05, 3.63) is 142 Å². The molecule has 4 aromatic rings. The predicted molar refractivity (Wildman–Crippen MR) is 121 cm³/mol. The Morgan fingerprint density at radius 2 is 1.28 bits per heavy atom. The van der Waals surface area contributed by atoms with E-state index in [4.69, 9.17) is 0 Å². The fraction of sp³-hybridized carbons (Fsp3) is 0.103. The molecule has 0 radical (unpaired) electrons. The van der Waals surface area contributed by atoms with Gasteiger partial charge in [0, 0.05) is 0 Å². The van der Waals surface area contributed by atoms with Gasteiger partial charge in [-0.2, -0.15) is 0 Å². The molecule has 1 atom stereocenters. The SMILES string of the molecule is Cc1ccc(C23Cc4ccccc4C2=C(c2ccccc2)c2ccccc23)cc1. The van der Waals surface area contributed by atoms with Crippen LogP contribution < -0.4 is 0 Å². The third-order valence-electron chi connectivity index (χ3n) is 6.68. The van der Waals surface area contributed by atoms with E-state index in [1.807, 2.05) is 0 Å². The fourth-order valence-corrected chi connectivity index (χ4v) is 5.45. The second-order valence-corrected chi connectivity index (χ2v) is 8.27. The van der Waals surface area contributed by atoms with Crippen LogP contribution in [-0.2, 0) is 11.8 Å². The first kappa shape index (κ1) is 16.6. The maximum atomic E-state index is 2.34. The van der Waals surface area contributed by atoms with E-state index in [1.54, 1.807) is 0 Å². The van der Waals surface area contributed by atoms with Crippen molar-refractivity contribution in [1.82, 2.24) is 0 Å². The Labute approximate surface area is 172 Å². The Hall–Kier alpha value is -3.38. The molecule has 0 aromatic heterocycles. The maximum Gasteiger partial charge on any atom is 0.0510 e. The molecule has 0 saturated heterocycles. The molecule has 2 aliphatic rings. The van der Waals surface area contributed by atoms with Gasteiger partial charge in [-0.25, -0.2) is 0 Å². The van der Waals surface area contributed by atoms with E-state index in [1.165, 1.54) is 50.1 Å². The highest BCUT2D eigenvalue weighted by Crippen LogP contribution is 2.61. The van der Waals surface area contributed by atoms with Gasteiger partial charge in [-0.05, 0) is 57.9 Å². The summed E-state index contributed by atoms with van der Waals surface area (Å²) in [6.07, 6.45) is 1.02. The van der Waals surface area contributed by atoms with Crippen LogP contribution in [0.1, 0.15) is 38.9 Å². The van der Waals surface area contributed by atoms with Gasteiger partial charge in [-0.1, -0.05) is 109 Å². The number of fused-ring (bicyclic) bond motifs is 5. The molecule has 0 spiro atoms. The fourth-order valence-electron chi connectivity index (χ4n) is 5.45. The molecule has 4 aromatic carbocycles. The quantitative estimate of drug-likeness (QED) is 0.363. The Balaban J connectivity index is 1.77. The van der Waals surface area contributed by atoms with Crippen LogP contribution in [0.3, 0.4) is 0 Å². The van der Waals surface area contributed by atoms with Gasteiger partial charge >= 0.3 is 0 Å². The summed E-state index contributed by atoms with van der Waals surface area (Å²) in [5.41, 5.74) is 12.4. The molecule has 0 heteroatoms. The van der Waals surface area contributed by atoms with Gasteiger partial charge in [-0.3, -0.25) is 0 Å². The second-order valence-electron chi connectivity index (χ2n) is 8.27. The lowest BCUT2D eigenvalue weighted by Gasteiger charge is -2.30. The minimum Gasteiger partial charge on any atom is -0.0622 e.